The first-order valence-corrected chi connectivity index (χ1v) is 4.77. The average Bonchev–Trinajstić information content (AvgIpc) is 2.44. The molecule has 60 valence electrons. The normalized spacial score (nSPS) is 41.9. The fraction of sp³-hybridized carbons (Fsp3) is 0.500. The quantitative estimate of drug-likeness (QED) is 0.423. The molecule has 0 saturated carbocycles. The average molecular weight is 210 g/mol. The van der Waals surface area contributed by atoms with E-state index < -0.39 is 0 Å². The Morgan fingerprint density at radius 3 is 2.64 bits per heavy atom. The van der Waals surface area contributed by atoms with E-state index in [9.17, 15) is 0 Å². The second-order valence-corrected chi connectivity index (χ2v) is 4.27. The number of hydrogen-bond donors (Lipinski definition) is 0. The lowest BCUT2D eigenvalue weighted by Crippen LogP contribution is -2.18. The van der Waals surface area contributed by atoms with Crippen LogP contribution in [0.4, 0.5) is 0 Å². The molecule has 0 amide bonds. The number of halogens is 3. The second-order valence-electron chi connectivity index (χ2n) is 2.99. The first kappa shape index (κ1) is 7.97. The molecule has 2 aliphatic rings. The third-order valence-corrected chi connectivity index (χ3v) is 3.96. The molecule has 0 fully saturated rings. The van der Waals surface area contributed by atoms with Crippen LogP contribution in [0.1, 0.15) is 6.42 Å². The first-order valence-electron chi connectivity index (χ1n) is 3.57. The number of hydrogen-bond acceptors (Lipinski definition) is 0. The van der Waals surface area contributed by atoms with Crippen molar-refractivity contribution in [1.82, 2.24) is 0 Å². The molecule has 2 rings (SSSR count). The summed E-state index contributed by atoms with van der Waals surface area (Å²) in [4.78, 5) is 0. The highest BCUT2D eigenvalue weighted by Crippen LogP contribution is 2.45. The van der Waals surface area contributed by atoms with Gasteiger partial charge in [-0.2, -0.15) is 0 Å². The Morgan fingerprint density at radius 2 is 1.91 bits per heavy atom. The van der Waals surface area contributed by atoms with Crippen molar-refractivity contribution in [2.24, 2.45) is 11.8 Å². The van der Waals surface area contributed by atoms with E-state index in [1.165, 1.54) is 0 Å². The number of fused-ring (bicyclic) bond motifs is 2. The van der Waals surface area contributed by atoms with Crippen molar-refractivity contribution in [3.63, 3.8) is 0 Å². The lowest BCUT2D eigenvalue weighted by atomic mass is 9.93. The Morgan fingerprint density at radius 1 is 1.18 bits per heavy atom. The molecule has 2 bridgehead atoms. The van der Waals surface area contributed by atoms with Crippen LogP contribution in [0.3, 0.4) is 0 Å². The van der Waals surface area contributed by atoms with E-state index in [0.29, 0.717) is 16.9 Å². The van der Waals surface area contributed by atoms with Crippen molar-refractivity contribution >= 4 is 34.8 Å². The van der Waals surface area contributed by atoms with Crippen molar-refractivity contribution in [2.45, 2.75) is 11.8 Å². The standard InChI is InChI=1S/C8H7Cl3/c9-6-4-1-2-5(3-4)7(10)8(6)11/h1-2,4-6H,3H2/t4-,5-,6+/m0/s1. The molecule has 0 radical (unpaired) electrons. The van der Waals surface area contributed by atoms with Gasteiger partial charge in [0.25, 0.3) is 0 Å². The van der Waals surface area contributed by atoms with Crippen LogP contribution in [0, 0.1) is 11.8 Å². The minimum atomic E-state index is -0.0980. The van der Waals surface area contributed by atoms with Crippen LogP contribution >= 0.6 is 34.8 Å². The van der Waals surface area contributed by atoms with Crippen LogP contribution < -0.4 is 0 Å². The van der Waals surface area contributed by atoms with E-state index in [4.69, 9.17) is 34.8 Å². The van der Waals surface area contributed by atoms with E-state index in [1.807, 2.05) is 0 Å². The number of alkyl halides is 1. The van der Waals surface area contributed by atoms with Gasteiger partial charge in [0.2, 0.25) is 0 Å². The summed E-state index contributed by atoms with van der Waals surface area (Å²) in [6, 6.07) is 0. The predicted octanol–water partition coefficient (Wildman–Crippen LogP) is 3.49. The predicted molar refractivity (Wildman–Crippen MR) is 49.1 cm³/mol. The van der Waals surface area contributed by atoms with E-state index >= 15 is 0 Å². The van der Waals surface area contributed by atoms with Gasteiger partial charge in [-0.1, -0.05) is 35.4 Å². The van der Waals surface area contributed by atoms with Gasteiger partial charge in [-0.15, -0.1) is 11.6 Å². The second kappa shape index (κ2) is 2.69. The minimum absolute atomic E-state index is 0.0980. The maximum absolute atomic E-state index is 6.03. The molecule has 2 aliphatic carbocycles. The molecular weight excluding hydrogens is 202 g/mol. The van der Waals surface area contributed by atoms with Gasteiger partial charge >= 0.3 is 0 Å². The van der Waals surface area contributed by atoms with Crippen LogP contribution in [0.25, 0.3) is 0 Å². The molecule has 0 unspecified atom stereocenters. The highest BCUT2D eigenvalue weighted by molar-refractivity contribution is 6.44. The highest BCUT2D eigenvalue weighted by Gasteiger charge is 2.35. The van der Waals surface area contributed by atoms with Crippen molar-refractivity contribution in [2.75, 3.05) is 0 Å². The molecule has 3 heteroatoms. The molecule has 11 heavy (non-hydrogen) atoms. The molecular formula is C8H7Cl3. The molecule has 0 aromatic rings. The van der Waals surface area contributed by atoms with Gasteiger partial charge < -0.3 is 0 Å². The summed E-state index contributed by atoms with van der Waals surface area (Å²) in [5.41, 5.74) is 0. The summed E-state index contributed by atoms with van der Waals surface area (Å²) < 4.78 is 0. The Balaban J connectivity index is 2.41. The number of allylic oxidation sites excluding steroid dienone is 4. The highest BCUT2D eigenvalue weighted by atomic mass is 35.5. The van der Waals surface area contributed by atoms with Gasteiger partial charge in [0.1, 0.15) is 0 Å². The topological polar surface area (TPSA) is 0 Å². The Kier molecular flexibility index (Phi) is 1.95. The van der Waals surface area contributed by atoms with Gasteiger partial charge in [-0.05, 0) is 12.3 Å². The summed E-state index contributed by atoms with van der Waals surface area (Å²) in [5, 5.41) is 1.27. The minimum Gasteiger partial charge on any atom is -0.116 e. The lowest BCUT2D eigenvalue weighted by Gasteiger charge is -2.24. The first-order chi connectivity index (χ1) is 5.20. The molecule has 0 aliphatic heterocycles. The molecule has 0 N–H and O–H groups in total. The molecule has 0 spiro atoms. The van der Waals surface area contributed by atoms with E-state index in [-0.39, 0.29) is 5.38 Å². The summed E-state index contributed by atoms with van der Waals surface area (Å²) in [6.07, 6.45) is 5.24. The molecule has 0 heterocycles. The maximum atomic E-state index is 6.03. The van der Waals surface area contributed by atoms with E-state index in [2.05, 4.69) is 12.2 Å². The number of rotatable bonds is 0. The smallest absolute Gasteiger partial charge is 0.0766 e. The third-order valence-electron chi connectivity index (χ3n) is 2.29. The van der Waals surface area contributed by atoms with Crippen molar-refractivity contribution in [3.8, 4) is 0 Å². The zero-order chi connectivity index (χ0) is 8.01. The maximum Gasteiger partial charge on any atom is 0.0766 e. The Hall–Kier alpha value is 0.350. The Labute approximate surface area is 80.8 Å². The van der Waals surface area contributed by atoms with Gasteiger partial charge in [0, 0.05) is 11.0 Å². The SMILES string of the molecule is ClC1=C(Cl)[C@H](Cl)[C@H]2C=C[C@H]1C2. The van der Waals surface area contributed by atoms with E-state index in [0.717, 1.165) is 11.5 Å². The van der Waals surface area contributed by atoms with Crippen molar-refractivity contribution in [1.29, 1.82) is 0 Å². The summed E-state index contributed by atoms with van der Waals surface area (Å²) in [5.74, 6) is 0.737. The molecule has 0 nitrogen and oxygen atoms in total. The Bertz CT molecular complexity index is 242. The van der Waals surface area contributed by atoms with Crippen LogP contribution in [-0.2, 0) is 0 Å². The van der Waals surface area contributed by atoms with Crippen LogP contribution in [-0.4, -0.2) is 5.38 Å². The van der Waals surface area contributed by atoms with Crippen molar-refractivity contribution < 1.29 is 0 Å². The zero-order valence-corrected chi connectivity index (χ0v) is 8.00. The van der Waals surface area contributed by atoms with Gasteiger partial charge in [0.15, 0.2) is 0 Å². The molecule has 0 aromatic carbocycles. The third kappa shape index (κ3) is 1.12. The van der Waals surface area contributed by atoms with Crippen LogP contribution in [0.5, 0.6) is 0 Å². The summed E-state index contributed by atoms with van der Waals surface area (Å²) >= 11 is 17.9. The van der Waals surface area contributed by atoms with Crippen LogP contribution in [0.15, 0.2) is 22.2 Å². The summed E-state index contributed by atoms with van der Waals surface area (Å²) in [7, 11) is 0. The fourth-order valence-electron chi connectivity index (χ4n) is 1.63. The fourth-order valence-corrected chi connectivity index (χ4v) is 2.57. The molecule has 0 aromatic heterocycles. The zero-order valence-electron chi connectivity index (χ0n) is 5.73. The van der Waals surface area contributed by atoms with Gasteiger partial charge in [0.05, 0.1) is 10.4 Å². The van der Waals surface area contributed by atoms with Gasteiger partial charge in [-0.25, -0.2) is 0 Å². The monoisotopic (exact) mass is 208 g/mol. The van der Waals surface area contributed by atoms with Crippen molar-refractivity contribution in [3.05, 3.63) is 22.2 Å². The largest absolute Gasteiger partial charge is 0.116 e. The molecule has 0 saturated heterocycles. The van der Waals surface area contributed by atoms with Gasteiger partial charge in [-0.3, -0.25) is 0 Å². The lowest BCUT2D eigenvalue weighted by molar-refractivity contribution is 0.554. The molecule has 3 atom stereocenters. The van der Waals surface area contributed by atoms with E-state index in [1.54, 1.807) is 0 Å². The summed E-state index contributed by atoms with van der Waals surface area (Å²) in [6.45, 7) is 0. The van der Waals surface area contributed by atoms with Crippen LogP contribution in [0.2, 0.25) is 0 Å².